The first kappa shape index (κ1) is 15.8. The zero-order valence-corrected chi connectivity index (χ0v) is 12.0. The molecule has 0 aliphatic rings. The highest BCUT2D eigenvalue weighted by atomic mass is 35.5. The van der Waals surface area contributed by atoms with Gasteiger partial charge in [0.2, 0.25) is 0 Å². The van der Waals surface area contributed by atoms with Gasteiger partial charge in [-0.1, -0.05) is 30.1 Å². The van der Waals surface area contributed by atoms with Crippen molar-refractivity contribution in [3.63, 3.8) is 0 Å². The normalized spacial score (nSPS) is 11.9. The predicted octanol–water partition coefficient (Wildman–Crippen LogP) is 3.22. The van der Waals surface area contributed by atoms with Crippen molar-refractivity contribution in [3.05, 3.63) is 33.8 Å². The molecule has 1 aromatic rings. The van der Waals surface area contributed by atoms with Gasteiger partial charge in [0.1, 0.15) is 0 Å². The number of rotatable bonds is 6. The second kappa shape index (κ2) is 7.36. The van der Waals surface area contributed by atoms with Gasteiger partial charge >= 0.3 is 5.97 Å². The van der Waals surface area contributed by atoms with Gasteiger partial charge in [-0.15, -0.1) is 0 Å². The quantitative estimate of drug-likeness (QED) is 0.793. The lowest BCUT2D eigenvalue weighted by Crippen LogP contribution is -2.25. The monoisotopic (exact) mass is 303 g/mol. The molecule has 2 N–H and O–H groups in total. The van der Waals surface area contributed by atoms with Crippen LogP contribution in [0.3, 0.4) is 0 Å². The van der Waals surface area contributed by atoms with Crippen molar-refractivity contribution in [3.8, 4) is 0 Å². The second-order valence-corrected chi connectivity index (χ2v) is 5.11. The van der Waals surface area contributed by atoms with Crippen LogP contribution in [0.5, 0.6) is 0 Å². The van der Waals surface area contributed by atoms with E-state index in [4.69, 9.17) is 28.3 Å². The summed E-state index contributed by atoms with van der Waals surface area (Å²) in [4.78, 5) is 22.4. The van der Waals surface area contributed by atoms with Crippen molar-refractivity contribution in [2.45, 2.75) is 19.8 Å². The number of amides is 1. The summed E-state index contributed by atoms with van der Waals surface area (Å²) in [7, 11) is 0. The topological polar surface area (TPSA) is 66.4 Å². The Balaban J connectivity index is 2.43. The standard InChI is InChI=1S/C13H15Cl2NO3/c1-8(13(18)19)3-2-6-16-12(17)10-7-9(14)4-5-11(10)15/h4-5,7-8H,2-3,6H2,1H3,(H,16,17)(H,18,19). The van der Waals surface area contributed by atoms with Gasteiger partial charge in [0.25, 0.3) is 5.91 Å². The SMILES string of the molecule is CC(CCCNC(=O)c1cc(Cl)ccc1Cl)C(=O)O. The third-order valence-electron chi connectivity index (χ3n) is 2.69. The van der Waals surface area contributed by atoms with Gasteiger partial charge < -0.3 is 10.4 Å². The lowest BCUT2D eigenvalue weighted by atomic mass is 10.1. The Hall–Kier alpha value is -1.26. The fourth-order valence-corrected chi connectivity index (χ4v) is 1.88. The number of carbonyl (C=O) groups excluding carboxylic acids is 1. The van der Waals surface area contributed by atoms with E-state index < -0.39 is 11.9 Å². The molecule has 1 unspecified atom stereocenters. The first-order valence-corrected chi connectivity index (χ1v) is 6.63. The van der Waals surface area contributed by atoms with Crippen molar-refractivity contribution in [2.24, 2.45) is 5.92 Å². The number of carboxylic acids is 1. The Morgan fingerprint density at radius 3 is 2.68 bits per heavy atom. The van der Waals surface area contributed by atoms with Gasteiger partial charge in [0.05, 0.1) is 16.5 Å². The van der Waals surface area contributed by atoms with E-state index in [2.05, 4.69) is 5.32 Å². The van der Waals surface area contributed by atoms with Crippen LogP contribution in [-0.4, -0.2) is 23.5 Å². The maximum atomic E-state index is 11.8. The van der Waals surface area contributed by atoms with Crippen LogP contribution in [-0.2, 0) is 4.79 Å². The van der Waals surface area contributed by atoms with Crippen LogP contribution in [0.25, 0.3) is 0 Å². The summed E-state index contributed by atoms with van der Waals surface area (Å²) in [6.07, 6.45) is 1.11. The molecule has 0 saturated heterocycles. The number of halogens is 2. The van der Waals surface area contributed by atoms with Crippen molar-refractivity contribution >= 4 is 35.1 Å². The van der Waals surface area contributed by atoms with E-state index in [9.17, 15) is 9.59 Å². The van der Waals surface area contributed by atoms with Gasteiger partial charge in [-0.25, -0.2) is 0 Å². The summed E-state index contributed by atoms with van der Waals surface area (Å²) in [6.45, 7) is 2.04. The van der Waals surface area contributed by atoms with Crippen molar-refractivity contribution < 1.29 is 14.7 Å². The molecule has 0 saturated carbocycles. The molecule has 104 valence electrons. The van der Waals surface area contributed by atoms with Crippen LogP contribution in [0.2, 0.25) is 10.0 Å². The Labute approximate surface area is 121 Å². The van der Waals surface area contributed by atoms with Gasteiger partial charge in [-0.3, -0.25) is 9.59 Å². The smallest absolute Gasteiger partial charge is 0.306 e. The van der Waals surface area contributed by atoms with E-state index in [1.165, 1.54) is 6.07 Å². The molecule has 1 amide bonds. The first-order valence-electron chi connectivity index (χ1n) is 5.88. The van der Waals surface area contributed by atoms with Crippen LogP contribution in [0.4, 0.5) is 0 Å². The van der Waals surface area contributed by atoms with E-state index in [1.54, 1.807) is 19.1 Å². The fourth-order valence-electron chi connectivity index (χ4n) is 1.50. The van der Waals surface area contributed by atoms with Crippen LogP contribution in [0.15, 0.2) is 18.2 Å². The first-order chi connectivity index (χ1) is 8.91. The van der Waals surface area contributed by atoms with E-state index in [0.717, 1.165) is 0 Å². The van der Waals surface area contributed by atoms with Crippen molar-refractivity contribution in [1.29, 1.82) is 0 Å². The van der Waals surface area contributed by atoms with Crippen LogP contribution in [0.1, 0.15) is 30.1 Å². The highest BCUT2D eigenvalue weighted by Crippen LogP contribution is 2.20. The van der Waals surface area contributed by atoms with Gasteiger partial charge in [-0.2, -0.15) is 0 Å². The molecule has 0 aliphatic heterocycles. The summed E-state index contributed by atoms with van der Waals surface area (Å²) in [6, 6.07) is 4.67. The number of carboxylic acid groups (broad SMARTS) is 1. The minimum atomic E-state index is -0.829. The average molecular weight is 304 g/mol. The molecule has 0 bridgehead atoms. The fraction of sp³-hybridized carbons (Fsp3) is 0.385. The number of benzene rings is 1. The summed E-state index contributed by atoms with van der Waals surface area (Å²) in [5.74, 6) is -1.55. The molecular formula is C13H15Cl2NO3. The summed E-state index contributed by atoms with van der Waals surface area (Å²) >= 11 is 11.7. The summed E-state index contributed by atoms with van der Waals surface area (Å²) < 4.78 is 0. The van der Waals surface area contributed by atoms with Crippen LogP contribution < -0.4 is 5.32 Å². The number of nitrogens with one attached hydrogen (secondary N) is 1. The van der Waals surface area contributed by atoms with Crippen LogP contribution >= 0.6 is 23.2 Å². The lowest BCUT2D eigenvalue weighted by Gasteiger charge is -2.08. The third kappa shape index (κ3) is 5.09. The van der Waals surface area contributed by atoms with Gasteiger partial charge in [0.15, 0.2) is 0 Å². The Morgan fingerprint density at radius 1 is 1.37 bits per heavy atom. The molecule has 0 aliphatic carbocycles. The number of hydrogen-bond donors (Lipinski definition) is 2. The molecule has 0 fully saturated rings. The molecule has 4 nitrogen and oxygen atoms in total. The van der Waals surface area contributed by atoms with Crippen molar-refractivity contribution in [2.75, 3.05) is 6.54 Å². The van der Waals surface area contributed by atoms with E-state index in [0.29, 0.717) is 35.0 Å². The van der Waals surface area contributed by atoms with E-state index >= 15 is 0 Å². The minimum Gasteiger partial charge on any atom is -0.481 e. The molecule has 1 aromatic carbocycles. The Morgan fingerprint density at radius 2 is 2.05 bits per heavy atom. The van der Waals surface area contributed by atoms with Gasteiger partial charge in [0, 0.05) is 11.6 Å². The van der Waals surface area contributed by atoms with Gasteiger partial charge in [-0.05, 0) is 31.0 Å². The van der Waals surface area contributed by atoms with Crippen LogP contribution in [0, 0.1) is 5.92 Å². The van der Waals surface area contributed by atoms with Crippen molar-refractivity contribution in [1.82, 2.24) is 5.32 Å². The number of hydrogen-bond acceptors (Lipinski definition) is 2. The Kier molecular flexibility index (Phi) is 6.12. The summed E-state index contributed by atoms with van der Waals surface area (Å²) in [5.41, 5.74) is 0.320. The third-order valence-corrected chi connectivity index (χ3v) is 3.26. The molecule has 19 heavy (non-hydrogen) atoms. The average Bonchev–Trinajstić information content (AvgIpc) is 2.36. The Bertz CT molecular complexity index is 477. The predicted molar refractivity (Wildman–Crippen MR) is 74.8 cm³/mol. The van der Waals surface area contributed by atoms with E-state index in [1.807, 2.05) is 0 Å². The zero-order chi connectivity index (χ0) is 14.4. The molecular weight excluding hydrogens is 289 g/mol. The molecule has 0 heterocycles. The second-order valence-electron chi connectivity index (χ2n) is 4.26. The van der Waals surface area contributed by atoms with E-state index in [-0.39, 0.29) is 5.91 Å². The highest BCUT2D eigenvalue weighted by molar-refractivity contribution is 6.35. The zero-order valence-electron chi connectivity index (χ0n) is 10.5. The highest BCUT2D eigenvalue weighted by Gasteiger charge is 2.12. The maximum absolute atomic E-state index is 11.8. The molecule has 1 rings (SSSR count). The lowest BCUT2D eigenvalue weighted by molar-refractivity contribution is -0.141. The number of carbonyl (C=O) groups is 2. The molecule has 1 atom stereocenters. The molecule has 0 aromatic heterocycles. The summed E-state index contributed by atoms with van der Waals surface area (Å²) in [5, 5.41) is 12.2. The molecule has 0 radical (unpaired) electrons. The minimum absolute atomic E-state index is 0.310. The maximum Gasteiger partial charge on any atom is 0.306 e. The molecule has 6 heteroatoms. The largest absolute Gasteiger partial charge is 0.481 e. The number of aliphatic carboxylic acids is 1. The molecule has 0 spiro atoms.